The first-order chi connectivity index (χ1) is 14.4. The first-order valence-electron chi connectivity index (χ1n) is 10.8. The molecule has 5 nitrogen and oxygen atoms in total. The van der Waals surface area contributed by atoms with Crippen LogP contribution in [0.5, 0.6) is 0 Å². The van der Waals surface area contributed by atoms with E-state index in [4.69, 9.17) is 4.74 Å². The molecule has 1 aromatic heterocycles. The van der Waals surface area contributed by atoms with Gasteiger partial charge in [0.25, 0.3) is 5.91 Å². The van der Waals surface area contributed by atoms with Crippen LogP contribution in [0.3, 0.4) is 0 Å². The molecule has 0 aliphatic carbocycles. The van der Waals surface area contributed by atoms with Gasteiger partial charge >= 0.3 is 5.97 Å². The number of nitrogens with one attached hydrogen (secondary N) is 1. The third-order valence-electron chi connectivity index (χ3n) is 6.27. The van der Waals surface area contributed by atoms with Crippen molar-refractivity contribution in [3.05, 3.63) is 51.2 Å². The van der Waals surface area contributed by atoms with Crippen LogP contribution in [0.2, 0.25) is 0 Å². The summed E-state index contributed by atoms with van der Waals surface area (Å²) in [6, 6.07) is 8.51. The number of rotatable bonds is 7. The zero-order valence-electron chi connectivity index (χ0n) is 19.1. The Labute approximate surface area is 215 Å². The number of amides is 1. The predicted octanol–water partition coefficient (Wildman–Crippen LogP) is 5.07. The second-order valence-electron chi connectivity index (χ2n) is 8.40. The number of esters is 1. The summed E-state index contributed by atoms with van der Waals surface area (Å²) in [5.74, 6) is -0.406. The van der Waals surface area contributed by atoms with Gasteiger partial charge in [0, 0.05) is 44.7 Å². The number of aryl methyl sites for hydroxylation is 2. The maximum Gasteiger partial charge on any atom is 0.350 e. The van der Waals surface area contributed by atoms with Gasteiger partial charge < -0.3 is 14.5 Å². The molecule has 3 rings (SSSR count). The van der Waals surface area contributed by atoms with Crippen LogP contribution in [0, 0.1) is 13.8 Å². The molecule has 1 atom stereocenters. The number of methoxy groups -OCH3 is 1. The van der Waals surface area contributed by atoms with Gasteiger partial charge in [-0.05, 0) is 44.1 Å². The number of nitrogens with zero attached hydrogens (tertiary/aromatic N) is 1. The van der Waals surface area contributed by atoms with Crippen molar-refractivity contribution in [3.8, 4) is 0 Å². The van der Waals surface area contributed by atoms with Gasteiger partial charge in [0.1, 0.15) is 11.4 Å². The molecule has 1 aliphatic heterocycles. The molecule has 0 spiro atoms. The standard InChI is InChI=1S/C24H32N2O3S.Y/c1-5-20(23(27)25-21-18(3)16-30-22(21)24(28)29-4)26(13-7-6-8-14-26)15-19-11-9-17(2)10-12-19;/h9-12,16,20H,5-8,13-15H2,1-4H3;/p+1. The van der Waals surface area contributed by atoms with Gasteiger partial charge in [-0.15, -0.1) is 11.3 Å². The van der Waals surface area contributed by atoms with Crippen LogP contribution in [-0.2, 0) is 48.8 Å². The minimum Gasteiger partial charge on any atom is -0.465 e. The van der Waals surface area contributed by atoms with Crippen LogP contribution in [0.1, 0.15) is 59.0 Å². The SMILES string of the molecule is CCC(C(=O)Nc1c(C)csc1C(=O)OC)[N+]1(Cc2ccc(C)cc2)CCCCC1.[Y]. The fourth-order valence-electron chi connectivity index (χ4n) is 4.65. The van der Waals surface area contributed by atoms with Gasteiger partial charge in [0.05, 0.1) is 25.9 Å². The third kappa shape index (κ3) is 6.04. The van der Waals surface area contributed by atoms with E-state index in [1.165, 1.54) is 36.0 Å². The Balaban J connectivity index is 0.00000341. The molecule has 165 valence electrons. The Bertz CT molecular complexity index is 889. The maximum absolute atomic E-state index is 13.5. The van der Waals surface area contributed by atoms with E-state index in [1.54, 1.807) is 0 Å². The molecule has 1 unspecified atom stereocenters. The molecule has 31 heavy (non-hydrogen) atoms. The number of benzene rings is 1. The Morgan fingerprint density at radius 3 is 2.35 bits per heavy atom. The van der Waals surface area contributed by atoms with Crippen molar-refractivity contribution >= 4 is 28.9 Å². The summed E-state index contributed by atoms with van der Waals surface area (Å²) in [6.45, 7) is 8.98. The van der Waals surface area contributed by atoms with E-state index < -0.39 is 5.97 Å². The summed E-state index contributed by atoms with van der Waals surface area (Å²) >= 11 is 1.31. The van der Waals surface area contributed by atoms with Crippen molar-refractivity contribution in [1.82, 2.24) is 0 Å². The molecule has 2 aromatic rings. The van der Waals surface area contributed by atoms with Gasteiger partial charge in [-0.2, -0.15) is 0 Å². The van der Waals surface area contributed by atoms with Crippen molar-refractivity contribution < 1.29 is 51.5 Å². The van der Waals surface area contributed by atoms with Crippen molar-refractivity contribution in [2.45, 2.75) is 59.0 Å². The largest absolute Gasteiger partial charge is 0.465 e. The van der Waals surface area contributed by atoms with Crippen molar-refractivity contribution in [1.29, 1.82) is 0 Å². The molecule has 7 heteroatoms. The van der Waals surface area contributed by atoms with Crippen LogP contribution < -0.4 is 5.32 Å². The fourth-order valence-corrected chi connectivity index (χ4v) is 5.57. The Hall–Kier alpha value is -1.08. The molecule has 1 fully saturated rings. The van der Waals surface area contributed by atoms with Gasteiger partial charge in [0.2, 0.25) is 0 Å². The molecule has 1 N–H and O–H groups in total. The van der Waals surface area contributed by atoms with E-state index in [1.807, 2.05) is 12.3 Å². The minimum absolute atomic E-state index is 0. The molecule has 2 heterocycles. The second-order valence-corrected chi connectivity index (χ2v) is 9.28. The summed E-state index contributed by atoms with van der Waals surface area (Å²) < 4.78 is 5.68. The number of ether oxygens (including phenoxy) is 1. The molecule has 0 bridgehead atoms. The average molecular weight is 519 g/mol. The number of anilines is 1. The summed E-state index contributed by atoms with van der Waals surface area (Å²) in [6.07, 6.45) is 4.26. The average Bonchev–Trinajstić information content (AvgIpc) is 3.10. The van der Waals surface area contributed by atoms with E-state index in [9.17, 15) is 9.59 Å². The number of carbonyl (C=O) groups is 2. The predicted molar refractivity (Wildman–Crippen MR) is 122 cm³/mol. The topological polar surface area (TPSA) is 55.4 Å². The van der Waals surface area contributed by atoms with E-state index in [0.29, 0.717) is 10.6 Å². The molecule has 1 radical (unpaired) electrons. The van der Waals surface area contributed by atoms with Crippen LogP contribution in [0.25, 0.3) is 0 Å². The number of carbonyl (C=O) groups excluding carboxylic acids is 2. The number of hydrogen-bond donors (Lipinski definition) is 1. The van der Waals surface area contributed by atoms with Crippen LogP contribution >= 0.6 is 11.3 Å². The molecule has 0 saturated carbocycles. The minimum atomic E-state index is -0.405. The van der Waals surface area contributed by atoms with Gasteiger partial charge in [-0.25, -0.2) is 4.79 Å². The number of piperidine rings is 1. The zero-order chi connectivity index (χ0) is 21.7. The Morgan fingerprint density at radius 2 is 1.77 bits per heavy atom. The third-order valence-corrected chi connectivity index (χ3v) is 7.35. The smallest absolute Gasteiger partial charge is 0.350 e. The monoisotopic (exact) mass is 518 g/mol. The van der Waals surface area contributed by atoms with Crippen LogP contribution in [0.4, 0.5) is 5.69 Å². The molecule has 1 saturated heterocycles. The van der Waals surface area contributed by atoms with E-state index in [2.05, 4.69) is 43.4 Å². The number of thiophene rings is 1. The van der Waals surface area contributed by atoms with Crippen LogP contribution in [-0.4, -0.2) is 42.6 Å². The van der Waals surface area contributed by atoms with Crippen molar-refractivity contribution in [2.24, 2.45) is 0 Å². The van der Waals surface area contributed by atoms with Crippen LogP contribution in [0.15, 0.2) is 29.6 Å². The maximum atomic E-state index is 13.5. The molecule has 1 aromatic carbocycles. The van der Waals surface area contributed by atoms with Crippen molar-refractivity contribution in [3.63, 3.8) is 0 Å². The van der Waals surface area contributed by atoms with E-state index >= 15 is 0 Å². The van der Waals surface area contributed by atoms with Gasteiger partial charge in [-0.1, -0.05) is 36.8 Å². The zero-order valence-corrected chi connectivity index (χ0v) is 22.7. The number of hydrogen-bond acceptors (Lipinski definition) is 4. The first-order valence-corrected chi connectivity index (χ1v) is 11.7. The molecular weight excluding hydrogens is 485 g/mol. The van der Waals surface area contributed by atoms with E-state index in [-0.39, 0.29) is 44.7 Å². The summed E-state index contributed by atoms with van der Waals surface area (Å²) in [5.41, 5.74) is 4.01. The Kier molecular flexibility index (Phi) is 9.87. The Morgan fingerprint density at radius 1 is 1.13 bits per heavy atom. The quantitative estimate of drug-likeness (QED) is 0.412. The molecule has 1 aliphatic rings. The number of quaternary nitrogens is 1. The van der Waals surface area contributed by atoms with Crippen molar-refractivity contribution in [2.75, 3.05) is 25.5 Å². The summed E-state index contributed by atoms with van der Waals surface area (Å²) in [4.78, 5) is 26.1. The fraction of sp³-hybridized carbons (Fsp3) is 0.500. The second kappa shape index (κ2) is 11.7. The van der Waals surface area contributed by atoms with E-state index in [0.717, 1.165) is 48.9 Å². The molecule has 1 amide bonds. The van der Waals surface area contributed by atoms with Gasteiger partial charge in [-0.3, -0.25) is 4.79 Å². The number of likely N-dealkylation sites (tertiary alicyclic amines) is 1. The first kappa shape index (κ1) is 26.2. The molecular formula is C24H33N2O3SY+. The summed E-state index contributed by atoms with van der Waals surface area (Å²) in [5, 5.41) is 4.99. The van der Waals surface area contributed by atoms with Gasteiger partial charge in [0.15, 0.2) is 6.04 Å². The summed E-state index contributed by atoms with van der Waals surface area (Å²) in [7, 11) is 1.37. The normalized spacial score (nSPS) is 16.1.